The van der Waals surface area contributed by atoms with E-state index in [0.717, 1.165) is 11.1 Å². The zero-order valence-corrected chi connectivity index (χ0v) is 17.9. The molecule has 154 valence electrons. The molecule has 0 saturated heterocycles. The number of ether oxygens (including phenoxy) is 3. The Balaban J connectivity index is 2.32. The Morgan fingerprint density at radius 1 is 0.897 bits per heavy atom. The zero-order chi connectivity index (χ0) is 21.8. The van der Waals surface area contributed by atoms with Crippen LogP contribution < -0.4 is 14.2 Å². The van der Waals surface area contributed by atoms with Crippen molar-refractivity contribution in [2.75, 3.05) is 21.3 Å². The molecule has 5 nitrogen and oxygen atoms in total. The van der Waals surface area contributed by atoms with Crippen molar-refractivity contribution in [1.82, 2.24) is 0 Å². The second-order valence-electron chi connectivity index (χ2n) is 7.69. The van der Waals surface area contributed by atoms with Crippen molar-refractivity contribution in [3.63, 3.8) is 0 Å². The van der Waals surface area contributed by atoms with Crippen LogP contribution >= 0.6 is 0 Å². The molecule has 0 radical (unpaired) electrons. The molecule has 0 aromatic heterocycles. The molecule has 0 N–H and O–H groups in total. The minimum absolute atomic E-state index is 0.0723. The number of Topliss-reactive ketones (excluding diaryl/α,β-unsaturated/α-hetero) is 2. The van der Waals surface area contributed by atoms with E-state index in [1.165, 1.54) is 21.3 Å². The topological polar surface area (TPSA) is 61.8 Å². The minimum Gasteiger partial charge on any atom is -0.493 e. The van der Waals surface area contributed by atoms with E-state index in [4.69, 9.17) is 14.2 Å². The van der Waals surface area contributed by atoms with Crippen molar-refractivity contribution in [1.29, 1.82) is 0 Å². The molecule has 0 atom stereocenters. The summed E-state index contributed by atoms with van der Waals surface area (Å²) in [5.41, 5.74) is 2.72. The maximum absolute atomic E-state index is 12.8. The average molecular weight is 396 g/mol. The number of benzene rings is 2. The fraction of sp³-hybridized carbons (Fsp3) is 0.333. The highest BCUT2D eigenvalue weighted by Gasteiger charge is 2.21. The van der Waals surface area contributed by atoms with Crippen molar-refractivity contribution in [3.05, 3.63) is 59.2 Å². The van der Waals surface area contributed by atoms with Gasteiger partial charge in [-0.2, -0.15) is 0 Å². The van der Waals surface area contributed by atoms with E-state index in [-0.39, 0.29) is 23.4 Å². The molecule has 0 aliphatic carbocycles. The third-order valence-electron chi connectivity index (χ3n) is 4.71. The number of carbonyl (C=O) groups is 2. The fourth-order valence-electron chi connectivity index (χ4n) is 3.18. The van der Waals surface area contributed by atoms with Gasteiger partial charge in [-0.15, -0.1) is 0 Å². The van der Waals surface area contributed by atoms with Gasteiger partial charge in [0.05, 0.1) is 27.8 Å². The standard InChI is InChI=1S/C24H28O5/c1-8-15-11-16(9-10-18(15)24(2,3)4)19(25)14-20(26)17-12-21(27-5)23(29-7)22(13-17)28-6/h8-13H,1,14H2,2-7H3. The van der Waals surface area contributed by atoms with Crippen molar-refractivity contribution in [2.24, 2.45) is 0 Å². The first-order valence-electron chi connectivity index (χ1n) is 9.29. The zero-order valence-electron chi connectivity index (χ0n) is 17.9. The van der Waals surface area contributed by atoms with E-state index in [2.05, 4.69) is 27.4 Å². The number of rotatable bonds is 8. The van der Waals surface area contributed by atoms with E-state index in [1.54, 1.807) is 30.3 Å². The highest BCUT2D eigenvalue weighted by atomic mass is 16.5. The quantitative estimate of drug-likeness (QED) is 0.458. The summed E-state index contributed by atoms with van der Waals surface area (Å²) in [5.74, 6) is 0.546. The van der Waals surface area contributed by atoms with Crippen LogP contribution in [0.1, 0.15) is 59.0 Å². The summed E-state index contributed by atoms with van der Waals surface area (Å²) in [6.45, 7) is 10.2. The molecule has 2 aromatic carbocycles. The highest BCUT2D eigenvalue weighted by molar-refractivity contribution is 6.14. The first-order chi connectivity index (χ1) is 13.7. The fourth-order valence-corrected chi connectivity index (χ4v) is 3.18. The van der Waals surface area contributed by atoms with Gasteiger partial charge in [-0.05, 0) is 34.7 Å². The summed E-state index contributed by atoms with van der Waals surface area (Å²) in [6, 6.07) is 8.58. The van der Waals surface area contributed by atoms with Gasteiger partial charge in [0, 0.05) is 11.1 Å². The summed E-state index contributed by atoms with van der Waals surface area (Å²) in [4.78, 5) is 25.5. The lowest BCUT2D eigenvalue weighted by atomic mass is 9.82. The summed E-state index contributed by atoms with van der Waals surface area (Å²) < 4.78 is 15.8. The smallest absolute Gasteiger partial charge is 0.203 e. The Hall–Kier alpha value is -3.08. The molecule has 0 aliphatic rings. The average Bonchev–Trinajstić information content (AvgIpc) is 2.71. The third kappa shape index (κ3) is 4.86. The Morgan fingerprint density at radius 3 is 1.90 bits per heavy atom. The minimum atomic E-state index is -0.325. The first kappa shape index (κ1) is 22.2. The van der Waals surface area contributed by atoms with Gasteiger partial charge in [0.15, 0.2) is 23.1 Å². The van der Waals surface area contributed by atoms with Crippen LogP contribution in [-0.2, 0) is 5.41 Å². The van der Waals surface area contributed by atoms with E-state index in [1.807, 2.05) is 6.07 Å². The second kappa shape index (κ2) is 8.95. The van der Waals surface area contributed by atoms with Crippen LogP contribution in [0.4, 0.5) is 0 Å². The predicted molar refractivity (Wildman–Crippen MR) is 115 cm³/mol. The molecule has 0 spiro atoms. The van der Waals surface area contributed by atoms with Gasteiger partial charge in [-0.25, -0.2) is 0 Å². The summed E-state index contributed by atoms with van der Waals surface area (Å²) in [5, 5.41) is 0. The highest BCUT2D eigenvalue weighted by Crippen LogP contribution is 2.38. The normalized spacial score (nSPS) is 11.0. The SMILES string of the molecule is C=Cc1cc(C(=O)CC(=O)c2cc(OC)c(OC)c(OC)c2)ccc1C(C)(C)C. The number of carbonyl (C=O) groups excluding carboxylic acids is 2. The van der Waals surface area contributed by atoms with Crippen LogP contribution in [0.3, 0.4) is 0 Å². The molecule has 0 saturated carbocycles. The molecule has 0 bridgehead atoms. The number of hydrogen-bond acceptors (Lipinski definition) is 5. The van der Waals surface area contributed by atoms with Crippen molar-refractivity contribution >= 4 is 17.6 Å². The Labute approximate surface area is 172 Å². The van der Waals surface area contributed by atoms with Crippen molar-refractivity contribution < 1.29 is 23.8 Å². The van der Waals surface area contributed by atoms with Crippen molar-refractivity contribution in [3.8, 4) is 17.2 Å². The lowest BCUT2D eigenvalue weighted by Crippen LogP contribution is -2.14. The van der Waals surface area contributed by atoms with Gasteiger partial charge in [0.2, 0.25) is 5.75 Å². The monoisotopic (exact) mass is 396 g/mol. The molecule has 0 heterocycles. The molecule has 2 aromatic rings. The van der Waals surface area contributed by atoms with Gasteiger partial charge in [-0.1, -0.05) is 45.6 Å². The maximum atomic E-state index is 12.8. The van der Waals surface area contributed by atoms with Gasteiger partial charge >= 0.3 is 0 Å². The molecule has 0 aliphatic heterocycles. The number of methoxy groups -OCH3 is 3. The van der Waals surface area contributed by atoms with Crippen LogP contribution in [0.2, 0.25) is 0 Å². The molecule has 0 unspecified atom stereocenters. The van der Waals surface area contributed by atoms with E-state index in [0.29, 0.717) is 28.4 Å². The second-order valence-corrected chi connectivity index (χ2v) is 7.69. The van der Waals surface area contributed by atoms with Gasteiger partial charge in [0.1, 0.15) is 0 Å². The molecule has 29 heavy (non-hydrogen) atoms. The van der Waals surface area contributed by atoms with Crippen LogP contribution in [0.5, 0.6) is 17.2 Å². The molecule has 0 fully saturated rings. The summed E-state index contributed by atoms with van der Waals surface area (Å²) in [7, 11) is 4.44. The predicted octanol–water partition coefficient (Wildman–Crippen LogP) is 5.11. The van der Waals surface area contributed by atoms with Gasteiger partial charge in [-0.3, -0.25) is 9.59 Å². The number of hydrogen-bond donors (Lipinski definition) is 0. The van der Waals surface area contributed by atoms with Crippen LogP contribution in [0, 0.1) is 0 Å². The Bertz CT molecular complexity index is 910. The van der Waals surface area contributed by atoms with Crippen LogP contribution in [-0.4, -0.2) is 32.9 Å². The first-order valence-corrected chi connectivity index (χ1v) is 9.29. The van der Waals surface area contributed by atoms with E-state index >= 15 is 0 Å². The van der Waals surface area contributed by atoms with E-state index < -0.39 is 0 Å². The third-order valence-corrected chi connectivity index (χ3v) is 4.71. The molecule has 5 heteroatoms. The number of ketones is 2. The maximum Gasteiger partial charge on any atom is 0.203 e. The van der Waals surface area contributed by atoms with Gasteiger partial charge < -0.3 is 14.2 Å². The largest absolute Gasteiger partial charge is 0.493 e. The van der Waals surface area contributed by atoms with E-state index in [9.17, 15) is 9.59 Å². The summed E-state index contributed by atoms with van der Waals surface area (Å²) in [6.07, 6.45) is 1.47. The Kier molecular flexibility index (Phi) is 6.85. The molecular formula is C24H28O5. The summed E-state index contributed by atoms with van der Waals surface area (Å²) >= 11 is 0. The van der Waals surface area contributed by atoms with Gasteiger partial charge in [0.25, 0.3) is 0 Å². The molecular weight excluding hydrogens is 368 g/mol. The molecule has 2 rings (SSSR count). The lowest BCUT2D eigenvalue weighted by Gasteiger charge is -2.22. The lowest BCUT2D eigenvalue weighted by molar-refractivity contribution is 0.0893. The van der Waals surface area contributed by atoms with Crippen molar-refractivity contribution in [2.45, 2.75) is 32.6 Å². The Morgan fingerprint density at radius 2 is 1.45 bits per heavy atom. The molecule has 0 amide bonds. The van der Waals surface area contributed by atoms with Crippen LogP contribution in [0.25, 0.3) is 6.08 Å². The van der Waals surface area contributed by atoms with Crippen LogP contribution in [0.15, 0.2) is 36.9 Å².